The number of hydrogen-bond acceptors (Lipinski definition) is 3. The fraction of sp³-hybridized carbons (Fsp3) is 0. The van der Waals surface area contributed by atoms with Crippen LogP contribution in [0, 0.1) is 0 Å². The minimum atomic E-state index is 0.597. The van der Waals surface area contributed by atoms with E-state index in [1.54, 1.807) is 0 Å². The summed E-state index contributed by atoms with van der Waals surface area (Å²) >= 11 is 6.83. The summed E-state index contributed by atoms with van der Waals surface area (Å²) in [5.74, 6) is 0.769. The van der Waals surface area contributed by atoms with Gasteiger partial charge < -0.3 is 5.73 Å². The van der Waals surface area contributed by atoms with Crippen LogP contribution in [0.2, 0.25) is 0 Å². The maximum atomic E-state index is 5.91. The Labute approximate surface area is 120 Å². The summed E-state index contributed by atoms with van der Waals surface area (Å²) in [5.41, 5.74) is 8.16. The first kappa shape index (κ1) is 11.7. The molecule has 0 radical (unpaired) electrons. The van der Waals surface area contributed by atoms with E-state index in [-0.39, 0.29) is 0 Å². The lowest BCUT2D eigenvalue weighted by Crippen LogP contribution is -1.94. The summed E-state index contributed by atoms with van der Waals surface area (Å²) in [6, 6.07) is 9.72. The number of nitrogens with two attached hydrogens (primary N) is 1. The highest BCUT2D eigenvalue weighted by Crippen LogP contribution is 2.25. The molecule has 0 fully saturated rings. The molecule has 0 bridgehead atoms. The number of anilines is 1. The minimum Gasteiger partial charge on any atom is -0.396 e. The topological polar surface area (TPSA) is 56.2 Å². The van der Waals surface area contributed by atoms with Crippen LogP contribution in [0.1, 0.15) is 0 Å². The molecule has 2 N–H and O–H groups in total. The van der Waals surface area contributed by atoms with Gasteiger partial charge in [-0.25, -0.2) is 0 Å². The number of aromatic nitrogens is 3. The Morgan fingerprint density at radius 2 is 1.72 bits per heavy atom. The van der Waals surface area contributed by atoms with Crippen LogP contribution in [0.4, 0.5) is 5.69 Å². The number of benzene rings is 1. The lowest BCUT2D eigenvalue weighted by Gasteiger charge is -2.02. The van der Waals surface area contributed by atoms with Crippen molar-refractivity contribution in [1.82, 2.24) is 14.6 Å². The first-order valence-corrected chi connectivity index (χ1v) is 6.79. The normalized spacial score (nSPS) is 11.0. The van der Waals surface area contributed by atoms with Crippen LogP contribution in [0.5, 0.6) is 0 Å². The molecule has 6 heteroatoms. The molecule has 0 spiro atoms. The van der Waals surface area contributed by atoms with E-state index in [0.29, 0.717) is 11.3 Å². The summed E-state index contributed by atoms with van der Waals surface area (Å²) < 4.78 is 3.80. The summed E-state index contributed by atoms with van der Waals surface area (Å²) in [4.78, 5) is 0. The molecule has 0 unspecified atom stereocenters. The second kappa shape index (κ2) is 4.37. The Bertz CT molecular complexity index is 719. The predicted molar refractivity (Wildman–Crippen MR) is 78.2 cm³/mol. The smallest absolute Gasteiger partial charge is 0.184 e. The first-order valence-electron chi connectivity index (χ1n) is 5.21. The fourth-order valence-corrected chi connectivity index (χ4v) is 2.50. The molecule has 2 aromatic heterocycles. The molecule has 0 saturated carbocycles. The molecule has 1 aromatic carbocycles. The predicted octanol–water partition coefficient (Wildman–Crippen LogP) is 3.50. The van der Waals surface area contributed by atoms with Crippen LogP contribution in [-0.2, 0) is 0 Å². The van der Waals surface area contributed by atoms with Crippen LogP contribution in [0.25, 0.3) is 17.0 Å². The van der Waals surface area contributed by atoms with Gasteiger partial charge in [0, 0.05) is 20.7 Å². The molecule has 90 valence electrons. The van der Waals surface area contributed by atoms with Gasteiger partial charge >= 0.3 is 0 Å². The average molecular weight is 368 g/mol. The lowest BCUT2D eigenvalue weighted by atomic mass is 10.2. The molecule has 2 heterocycles. The second-order valence-corrected chi connectivity index (χ2v) is 5.67. The molecule has 0 saturated heterocycles. The zero-order chi connectivity index (χ0) is 12.7. The van der Waals surface area contributed by atoms with Crippen LogP contribution in [0.3, 0.4) is 0 Å². The van der Waals surface area contributed by atoms with Gasteiger partial charge in [0.05, 0.1) is 5.69 Å². The molecule has 4 nitrogen and oxygen atoms in total. The third-order valence-corrected chi connectivity index (χ3v) is 3.56. The number of nitrogens with zero attached hydrogens (tertiary/aromatic N) is 3. The zero-order valence-corrected chi connectivity index (χ0v) is 12.3. The third kappa shape index (κ3) is 1.91. The Balaban J connectivity index is 2.27. The van der Waals surface area contributed by atoms with Gasteiger partial charge in [0.1, 0.15) is 0 Å². The minimum absolute atomic E-state index is 0.597. The van der Waals surface area contributed by atoms with Crippen molar-refractivity contribution in [2.24, 2.45) is 0 Å². The van der Waals surface area contributed by atoms with Gasteiger partial charge in [0.25, 0.3) is 0 Å². The standard InChI is InChI=1S/C12H8Br2N4/c13-8-3-1-7(2-4-8)11-16-17-12-10(15)5-9(14)6-18(11)12/h1-6H,15H2. The van der Waals surface area contributed by atoms with E-state index >= 15 is 0 Å². The van der Waals surface area contributed by atoms with Gasteiger partial charge in [-0.2, -0.15) is 0 Å². The number of halogens is 2. The second-order valence-electron chi connectivity index (χ2n) is 3.84. The number of rotatable bonds is 1. The van der Waals surface area contributed by atoms with Crippen molar-refractivity contribution in [2.75, 3.05) is 5.73 Å². The quantitative estimate of drug-likeness (QED) is 0.716. The summed E-state index contributed by atoms with van der Waals surface area (Å²) in [7, 11) is 0. The monoisotopic (exact) mass is 366 g/mol. The summed E-state index contributed by atoms with van der Waals surface area (Å²) in [6.07, 6.45) is 1.91. The fourth-order valence-electron chi connectivity index (χ4n) is 1.78. The van der Waals surface area contributed by atoms with Crippen molar-refractivity contribution in [1.29, 1.82) is 0 Å². The molecular weight excluding hydrogens is 360 g/mol. The molecule has 0 aliphatic heterocycles. The molecular formula is C12H8Br2N4. The van der Waals surface area contributed by atoms with Crippen LogP contribution < -0.4 is 5.73 Å². The molecule has 0 atom stereocenters. The number of fused-ring (bicyclic) bond motifs is 1. The lowest BCUT2D eigenvalue weighted by molar-refractivity contribution is 1.11. The Morgan fingerprint density at radius 3 is 2.44 bits per heavy atom. The molecule has 0 amide bonds. The highest BCUT2D eigenvalue weighted by atomic mass is 79.9. The largest absolute Gasteiger partial charge is 0.396 e. The van der Waals surface area contributed by atoms with E-state index in [9.17, 15) is 0 Å². The molecule has 0 aliphatic rings. The van der Waals surface area contributed by atoms with Crippen molar-refractivity contribution in [3.63, 3.8) is 0 Å². The van der Waals surface area contributed by atoms with E-state index in [1.807, 2.05) is 40.9 Å². The molecule has 18 heavy (non-hydrogen) atoms. The van der Waals surface area contributed by atoms with Crippen molar-refractivity contribution < 1.29 is 0 Å². The van der Waals surface area contributed by atoms with Crippen LogP contribution in [0.15, 0.2) is 45.5 Å². The number of nitrogen functional groups attached to an aromatic ring is 1. The van der Waals surface area contributed by atoms with Crippen LogP contribution in [-0.4, -0.2) is 14.6 Å². The van der Waals surface area contributed by atoms with Crippen molar-refractivity contribution in [3.05, 3.63) is 45.5 Å². The highest BCUT2D eigenvalue weighted by Gasteiger charge is 2.10. The SMILES string of the molecule is Nc1cc(Br)cn2c(-c3ccc(Br)cc3)nnc12. The van der Waals surface area contributed by atoms with Gasteiger partial charge in [-0.05, 0) is 34.1 Å². The van der Waals surface area contributed by atoms with E-state index in [0.717, 1.165) is 20.3 Å². The van der Waals surface area contributed by atoms with E-state index in [2.05, 4.69) is 42.1 Å². The van der Waals surface area contributed by atoms with E-state index < -0.39 is 0 Å². The van der Waals surface area contributed by atoms with Crippen molar-refractivity contribution in [2.45, 2.75) is 0 Å². The highest BCUT2D eigenvalue weighted by molar-refractivity contribution is 9.10. The van der Waals surface area contributed by atoms with Gasteiger partial charge in [0.2, 0.25) is 0 Å². The summed E-state index contributed by atoms with van der Waals surface area (Å²) in [5, 5.41) is 8.31. The maximum absolute atomic E-state index is 5.91. The Hall–Kier alpha value is -1.40. The Morgan fingerprint density at radius 1 is 1.00 bits per heavy atom. The zero-order valence-electron chi connectivity index (χ0n) is 9.14. The van der Waals surface area contributed by atoms with E-state index in [4.69, 9.17) is 5.73 Å². The van der Waals surface area contributed by atoms with Gasteiger partial charge in [-0.15, -0.1) is 10.2 Å². The van der Waals surface area contributed by atoms with Crippen LogP contribution >= 0.6 is 31.9 Å². The molecule has 0 aliphatic carbocycles. The Kier molecular flexibility index (Phi) is 2.83. The van der Waals surface area contributed by atoms with Crippen molar-refractivity contribution >= 4 is 43.2 Å². The maximum Gasteiger partial charge on any atom is 0.184 e. The average Bonchev–Trinajstić information content (AvgIpc) is 2.74. The first-order chi connectivity index (χ1) is 8.65. The summed E-state index contributed by atoms with van der Waals surface area (Å²) in [6.45, 7) is 0. The number of pyridine rings is 1. The van der Waals surface area contributed by atoms with Gasteiger partial charge in [-0.3, -0.25) is 4.40 Å². The number of hydrogen-bond donors (Lipinski definition) is 1. The van der Waals surface area contributed by atoms with Gasteiger partial charge in [0.15, 0.2) is 11.5 Å². The molecule has 3 aromatic rings. The van der Waals surface area contributed by atoms with Crippen molar-refractivity contribution in [3.8, 4) is 11.4 Å². The van der Waals surface area contributed by atoms with Gasteiger partial charge in [-0.1, -0.05) is 28.1 Å². The third-order valence-electron chi connectivity index (χ3n) is 2.60. The van der Waals surface area contributed by atoms with E-state index in [1.165, 1.54) is 0 Å². The molecule has 3 rings (SSSR count).